The molecule has 1 fully saturated rings. The molecular weight excluding hydrogens is 390 g/mol. The van der Waals surface area contributed by atoms with Gasteiger partial charge in [-0.2, -0.15) is 5.10 Å². The Morgan fingerprint density at radius 3 is 2.69 bits per heavy atom. The second-order valence-corrected chi connectivity index (χ2v) is 7.96. The maximum atomic E-state index is 12.0. The first-order valence-electron chi connectivity index (χ1n) is 9.53. The van der Waals surface area contributed by atoms with E-state index in [-0.39, 0.29) is 30.2 Å². The molecule has 10 heteroatoms. The standard InChI is InChI=1S/C19H23N7O2S/c1-29-19-22-9-10-2-7-13-16(18(21)28)25-26(17(13)15(10)24-19)12-5-3-11(4-6-12)23-14(27)8-20/h2,7,9,11-12H,3-6,8,20H2,1H3,(H2,21,28)(H,23,27). The van der Waals surface area contributed by atoms with Crippen LogP contribution in [0.1, 0.15) is 42.2 Å². The highest BCUT2D eigenvalue weighted by atomic mass is 32.2. The Morgan fingerprint density at radius 2 is 2.03 bits per heavy atom. The number of primary amides is 1. The molecule has 1 aliphatic rings. The lowest BCUT2D eigenvalue weighted by Gasteiger charge is -2.29. The van der Waals surface area contributed by atoms with Gasteiger partial charge in [0.1, 0.15) is 5.52 Å². The molecule has 0 atom stereocenters. The number of carbonyl (C=O) groups is 2. The minimum absolute atomic E-state index is 0.00480. The fourth-order valence-corrected chi connectivity index (χ4v) is 4.34. The van der Waals surface area contributed by atoms with Crippen LogP contribution in [-0.2, 0) is 4.79 Å². The molecule has 152 valence electrons. The Balaban J connectivity index is 1.77. The number of nitrogens with two attached hydrogens (primary N) is 2. The molecule has 2 heterocycles. The van der Waals surface area contributed by atoms with Gasteiger partial charge in [-0.25, -0.2) is 9.97 Å². The largest absolute Gasteiger partial charge is 0.364 e. The molecule has 0 saturated heterocycles. The summed E-state index contributed by atoms with van der Waals surface area (Å²) in [6.07, 6.45) is 6.99. The van der Waals surface area contributed by atoms with Crippen LogP contribution in [0.25, 0.3) is 21.8 Å². The third-order valence-corrected chi connectivity index (χ3v) is 5.97. The number of carbonyl (C=O) groups excluding carboxylic acids is 2. The van der Waals surface area contributed by atoms with E-state index in [1.54, 1.807) is 6.20 Å². The molecule has 29 heavy (non-hydrogen) atoms. The number of nitrogens with zero attached hydrogens (tertiary/aromatic N) is 4. The Morgan fingerprint density at radius 1 is 1.28 bits per heavy atom. The van der Waals surface area contributed by atoms with Crippen molar-refractivity contribution in [2.24, 2.45) is 11.5 Å². The van der Waals surface area contributed by atoms with Crippen molar-refractivity contribution in [3.8, 4) is 0 Å². The van der Waals surface area contributed by atoms with Gasteiger partial charge in [0.15, 0.2) is 10.9 Å². The van der Waals surface area contributed by atoms with Gasteiger partial charge < -0.3 is 16.8 Å². The molecule has 2 aromatic heterocycles. The number of nitrogens with one attached hydrogen (secondary N) is 1. The van der Waals surface area contributed by atoms with Crippen molar-refractivity contribution < 1.29 is 9.59 Å². The minimum atomic E-state index is -0.559. The van der Waals surface area contributed by atoms with Crippen LogP contribution in [0.4, 0.5) is 0 Å². The van der Waals surface area contributed by atoms with Crippen LogP contribution in [0.2, 0.25) is 0 Å². The average molecular weight is 414 g/mol. The highest BCUT2D eigenvalue weighted by molar-refractivity contribution is 7.98. The van der Waals surface area contributed by atoms with E-state index < -0.39 is 5.91 Å². The molecule has 1 aliphatic carbocycles. The number of amides is 2. The topological polar surface area (TPSA) is 142 Å². The molecular formula is C19H23N7O2S. The van der Waals surface area contributed by atoms with Crippen molar-refractivity contribution in [1.29, 1.82) is 0 Å². The summed E-state index contributed by atoms with van der Waals surface area (Å²) < 4.78 is 1.90. The monoisotopic (exact) mass is 413 g/mol. The Labute approximate surface area is 171 Å². The number of aromatic nitrogens is 4. The van der Waals surface area contributed by atoms with Crippen molar-refractivity contribution >= 4 is 45.4 Å². The molecule has 0 aliphatic heterocycles. The van der Waals surface area contributed by atoms with E-state index in [4.69, 9.17) is 11.5 Å². The molecule has 0 radical (unpaired) electrons. The summed E-state index contributed by atoms with van der Waals surface area (Å²) in [5, 5.41) is 9.79. The molecule has 3 aromatic rings. The zero-order valence-corrected chi connectivity index (χ0v) is 16.9. The molecule has 5 N–H and O–H groups in total. The number of hydrogen-bond acceptors (Lipinski definition) is 7. The molecule has 0 unspecified atom stereocenters. The fraction of sp³-hybridized carbons (Fsp3) is 0.421. The molecule has 9 nitrogen and oxygen atoms in total. The first-order chi connectivity index (χ1) is 14.0. The van der Waals surface area contributed by atoms with Crippen LogP contribution in [-0.4, -0.2) is 50.4 Å². The predicted octanol–water partition coefficient (Wildman–Crippen LogP) is 1.36. The number of rotatable bonds is 5. The van der Waals surface area contributed by atoms with Gasteiger partial charge in [0.05, 0.1) is 18.1 Å². The average Bonchev–Trinajstić information content (AvgIpc) is 3.14. The van der Waals surface area contributed by atoms with Crippen molar-refractivity contribution in [2.45, 2.75) is 42.9 Å². The van der Waals surface area contributed by atoms with E-state index in [0.29, 0.717) is 10.5 Å². The smallest absolute Gasteiger partial charge is 0.269 e. The lowest BCUT2D eigenvalue weighted by Crippen LogP contribution is -2.41. The van der Waals surface area contributed by atoms with Crippen molar-refractivity contribution in [2.75, 3.05) is 12.8 Å². The molecule has 0 bridgehead atoms. The van der Waals surface area contributed by atoms with Crippen molar-refractivity contribution in [3.63, 3.8) is 0 Å². The van der Waals surface area contributed by atoms with Gasteiger partial charge in [0, 0.05) is 23.0 Å². The normalized spacial score (nSPS) is 19.5. The van der Waals surface area contributed by atoms with Crippen LogP contribution < -0.4 is 16.8 Å². The van der Waals surface area contributed by atoms with Gasteiger partial charge >= 0.3 is 0 Å². The number of fused-ring (bicyclic) bond motifs is 3. The quantitative estimate of drug-likeness (QED) is 0.423. The lowest BCUT2D eigenvalue weighted by molar-refractivity contribution is -0.120. The van der Waals surface area contributed by atoms with Crippen molar-refractivity contribution in [1.82, 2.24) is 25.1 Å². The zero-order chi connectivity index (χ0) is 20.5. The molecule has 2 amide bonds. The van der Waals surface area contributed by atoms with E-state index >= 15 is 0 Å². The SMILES string of the molecule is CSc1ncc2ccc3c(C(N)=O)nn(C4CCC(NC(=O)CN)CC4)c3c2n1. The second-order valence-electron chi connectivity index (χ2n) is 7.19. The molecule has 1 aromatic carbocycles. The van der Waals surface area contributed by atoms with E-state index in [0.717, 1.165) is 42.1 Å². The molecule has 0 spiro atoms. The number of hydrogen-bond donors (Lipinski definition) is 3. The summed E-state index contributed by atoms with van der Waals surface area (Å²) in [5.41, 5.74) is 12.8. The van der Waals surface area contributed by atoms with Crippen LogP contribution in [0.3, 0.4) is 0 Å². The van der Waals surface area contributed by atoms with Gasteiger partial charge in [-0.05, 0) is 38.0 Å². The fourth-order valence-electron chi connectivity index (χ4n) is 4.00. The maximum absolute atomic E-state index is 12.0. The van der Waals surface area contributed by atoms with Crippen molar-refractivity contribution in [3.05, 3.63) is 24.0 Å². The first kappa shape index (κ1) is 19.6. The first-order valence-corrected chi connectivity index (χ1v) is 10.8. The van der Waals surface area contributed by atoms with Gasteiger partial charge in [0.2, 0.25) is 5.91 Å². The summed E-state index contributed by atoms with van der Waals surface area (Å²) in [7, 11) is 0. The van der Waals surface area contributed by atoms with E-state index in [1.807, 2.05) is 23.1 Å². The van der Waals surface area contributed by atoms with Gasteiger partial charge in [0.25, 0.3) is 5.91 Å². The van der Waals surface area contributed by atoms with Crippen LogP contribution in [0.5, 0.6) is 0 Å². The van der Waals surface area contributed by atoms with Gasteiger partial charge in [-0.15, -0.1) is 0 Å². The number of benzene rings is 1. The van der Waals surface area contributed by atoms with E-state index in [1.165, 1.54) is 11.8 Å². The minimum Gasteiger partial charge on any atom is -0.364 e. The third kappa shape index (κ3) is 3.65. The summed E-state index contributed by atoms with van der Waals surface area (Å²) >= 11 is 1.46. The summed E-state index contributed by atoms with van der Waals surface area (Å²) in [6.45, 7) is -0.00480. The van der Waals surface area contributed by atoms with Crippen LogP contribution in [0, 0.1) is 0 Å². The lowest BCUT2D eigenvalue weighted by atomic mass is 9.91. The second kappa shape index (κ2) is 7.96. The van der Waals surface area contributed by atoms with Crippen LogP contribution >= 0.6 is 11.8 Å². The summed E-state index contributed by atoms with van der Waals surface area (Å²) in [6, 6.07) is 3.95. The van der Waals surface area contributed by atoms with E-state index in [9.17, 15) is 9.59 Å². The zero-order valence-electron chi connectivity index (χ0n) is 16.1. The molecule has 1 saturated carbocycles. The Kier molecular flexibility index (Phi) is 5.37. The van der Waals surface area contributed by atoms with Gasteiger partial charge in [-0.3, -0.25) is 14.3 Å². The highest BCUT2D eigenvalue weighted by Gasteiger charge is 2.28. The maximum Gasteiger partial charge on any atom is 0.269 e. The van der Waals surface area contributed by atoms with Gasteiger partial charge in [-0.1, -0.05) is 17.8 Å². The third-order valence-electron chi connectivity index (χ3n) is 5.40. The Bertz CT molecular complexity index is 1090. The molecule has 4 rings (SSSR count). The Hall–Kier alpha value is -2.72. The number of thioether (sulfide) groups is 1. The summed E-state index contributed by atoms with van der Waals surface area (Å²) in [4.78, 5) is 32.6. The highest BCUT2D eigenvalue weighted by Crippen LogP contribution is 2.35. The van der Waals surface area contributed by atoms with E-state index in [2.05, 4.69) is 20.4 Å². The van der Waals surface area contributed by atoms with Crippen LogP contribution in [0.15, 0.2) is 23.5 Å². The summed E-state index contributed by atoms with van der Waals surface area (Å²) in [5.74, 6) is -0.697. The predicted molar refractivity (Wildman–Crippen MR) is 112 cm³/mol.